The molecule has 0 unspecified atom stereocenters. The van der Waals surface area contributed by atoms with E-state index in [1.807, 2.05) is 47.8 Å². The van der Waals surface area contributed by atoms with Crippen molar-refractivity contribution in [2.24, 2.45) is 0 Å². The maximum atomic E-state index is 5.41. The second kappa shape index (κ2) is 9.96. The van der Waals surface area contributed by atoms with E-state index in [9.17, 15) is 0 Å². The topological polar surface area (TPSA) is 18.5 Å². The summed E-state index contributed by atoms with van der Waals surface area (Å²) in [5, 5.41) is 2.56. The Labute approximate surface area is 186 Å². The van der Waals surface area contributed by atoms with Crippen LogP contribution in [0.2, 0.25) is 0 Å². The molecule has 4 aromatic rings. The molecule has 0 aromatic heterocycles. The number of hydrogen-bond acceptors (Lipinski definition) is 4. The first-order valence-corrected chi connectivity index (χ1v) is 11.6. The summed E-state index contributed by atoms with van der Waals surface area (Å²) in [6, 6.07) is 31.8. The van der Waals surface area contributed by atoms with Crippen LogP contribution < -0.4 is 9.47 Å². The molecule has 0 aliphatic rings. The fourth-order valence-corrected chi connectivity index (χ4v) is 6.02. The number of hydrogen-bond donors (Lipinski definition) is 0. The van der Waals surface area contributed by atoms with Crippen molar-refractivity contribution in [1.29, 1.82) is 0 Å². The lowest BCUT2D eigenvalue weighted by Crippen LogP contribution is -2.02. The van der Waals surface area contributed by atoms with Crippen LogP contribution in [-0.4, -0.2) is 18.8 Å². The van der Waals surface area contributed by atoms with E-state index in [0.717, 1.165) is 17.9 Å². The minimum atomic E-state index is 0.311. The van der Waals surface area contributed by atoms with Crippen molar-refractivity contribution in [3.8, 4) is 11.5 Å². The first kappa shape index (κ1) is 20.7. The highest BCUT2D eigenvalue weighted by atomic mass is 32.2. The van der Waals surface area contributed by atoms with Crippen molar-refractivity contribution >= 4 is 34.3 Å². The van der Waals surface area contributed by atoms with E-state index in [4.69, 9.17) is 9.47 Å². The van der Waals surface area contributed by atoms with Crippen molar-refractivity contribution in [3.63, 3.8) is 0 Å². The van der Waals surface area contributed by atoms with Crippen LogP contribution in [0.15, 0.2) is 101 Å². The molecule has 0 bridgehead atoms. The highest BCUT2D eigenvalue weighted by Crippen LogP contribution is 2.39. The van der Waals surface area contributed by atoms with Gasteiger partial charge in [0.05, 0.1) is 18.8 Å². The van der Waals surface area contributed by atoms with Gasteiger partial charge in [0.25, 0.3) is 0 Å². The van der Waals surface area contributed by atoms with Gasteiger partial charge in [-0.25, -0.2) is 0 Å². The van der Waals surface area contributed by atoms with Crippen LogP contribution in [0, 0.1) is 0 Å². The van der Waals surface area contributed by atoms with Gasteiger partial charge in [0.2, 0.25) is 0 Å². The van der Waals surface area contributed by atoms with E-state index < -0.39 is 0 Å². The molecule has 0 N–H and O–H groups in total. The maximum Gasteiger partial charge on any atom is 0.119 e. The standard InChI is InChI=1S/C26H24O2S2/c1-27-22-9-5-11-24(17-22)29-26(30-25-12-6-10-23(18-25)28-2)16-19-13-14-20-7-3-4-8-21(20)15-19/h3-15,17-18,26H,16H2,1-2H3. The third-order valence-electron chi connectivity index (χ3n) is 4.83. The van der Waals surface area contributed by atoms with Crippen LogP contribution in [0.4, 0.5) is 0 Å². The zero-order valence-corrected chi connectivity index (χ0v) is 18.7. The first-order chi connectivity index (χ1) is 14.7. The zero-order chi connectivity index (χ0) is 20.8. The van der Waals surface area contributed by atoms with Crippen molar-refractivity contribution < 1.29 is 9.47 Å². The van der Waals surface area contributed by atoms with Crippen LogP contribution in [0.5, 0.6) is 11.5 Å². The van der Waals surface area contributed by atoms with E-state index in [1.165, 1.54) is 26.1 Å². The van der Waals surface area contributed by atoms with Crippen molar-refractivity contribution in [1.82, 2.24) is 0 Å². The predicted octanol–water partition coefficient (Wildman–Crippen LogP) is 7.31. The van der Waals surface area contributed by atoms with Crippen LogP contribution >= 0.6 is 23.5 Å². The second-order valence-electron chi connectivity index (χ2n) is 6.91. The molecule has 0 aliphatic heterocycles. The summed E-state index contributed by atoms with van der Waals surface area (Å²) in [5.41, 5.74) is 1.34. The minimum absolute atomic E-state index is 0.311. The summed E-state index contributed by atoms with van der Waals surface area (Å²) in [7, 11) is 3.42. The summed E-state index contributed by atoms with van der Waals surface area (Å²) >= 11 is 3.74. The Morgan fingerprint density at radius 2 is 1.23 bits per heavy atom. The van der Waals surface area contributed by atoms with Gasteiger partial charge in [-0.3, -0.25) is 0 Å². The van der Waals surface area contributed by atoms with Gasteiger partial charge in [-0.1, -0.05) is 54.6 Å². The molecule has 0 atom stereocenters. The number of benzene rings is 4. The third kappa shape index (κ3) is 5.32. The molecule has 4 heteroatoms. The Balaban J connectivity index is 1.60. The fraction of sp³-hybridized carbons (Fsp3) is 0.154. The Hall–Kier alpha value is -2.56. The van der Waals surface area contributed by atoms with E-state index >= 15 is 0 Å². The number of rotatable bonds is 8. The van der Waals surface area contributed by atoms with Crippen molar-refractivity contribution in [3.05, 3.63) is 96.6 Å². The largest absolute Gasteiger partial charge is 0.497 e. The molecular formula is C26H24O2S2. The van der Waals surface area contributed by atoms with Gasteiger partial charge in [0, 0.05) is 9.79 Å². The van der Waals surface area contributed by atoms with Crippen LogP contribution in [-0.2, 0) is 6.42 Å². The molecule has 2 nitrogen and oxygen atoms in total. The molecule has 0 saturated heterocycles. The molecule has 4 rings (SSSR count). The quantitative estimate of drug-likeness (QED) is 0.214. The zero-order valence-electron chi connectivity index (χ0n) is 17.1. The van der Waals surface area contributed by atoms with Crippen LogP contribution in [0.25, 0.3) is 10.8 Å². The summed E-state index contributed by atoms with van der Waals surface area (Å²) in [6.07, 6.45) is 0.953. The average Bonchev–Trinajstić information content (AvgIpc) is 2.79. The minimum Gasteiger partial charge on any atom is -0.497 e. The monoisotopic (exact) mass is 432 g/mol. The summed E-state index contributed by atoms with van der Waals surface area (Å²) in [6.45, 7) is 0. The van der Waals surface area contributed by atoms with Crippen molar-refractivity contribution in [2.75, 3.05) is 14.2 Å². The number of fused-ring (bicyclic) bond motifs is 1. The lowest BCUT2D eigenvalue weighted by atomic mass is 10.1. The molecule has 0 fully saturated rings. The number of thioether (sulfide) groups is 2. The van der Waals surface area contributed by atoms with Gasteiger partial charge in [0.1, 0.15) is 11.5 Å². The molecule has 0 spiro atoms. The molecule has 152 valence electrons. The second-order valence-corrected chi connectivity index (χ2v) is 9.76. The Morgan fingerprint density at radius 3 is 1.83 bits per heavy atom. The molecule has 0 aliphatic carbocycles. The summed E-state index contributed by atoms with van der Waals surface area (Å²) in [5.74, 6) is 1.77. The molecule has 0 saturated carbocycles. The van der Waals surface area contributed by atoms with Crippen LogP contribution in [0.1, 0.15) is 5.56 Å². The summed E-state index contributed by atoms with van der Waals surface area (Å²) < 4.78 is 11.1. The molecular weight excluding hydrogens is 408 g/mol. The fourth-order valence-electron chi connectivity index (χ4n) is 3.32. The van der Waals surface area contributed by atoms with E-state index in [1.54, 1.807) is 14.2 Å². The molecule has 0 radical (unpaired) electrons. The van der Waals surface area contributed by atoms with Crippen LogP contribution in [0.3, 0.4) is 0 Å². The third-order valence-corrected chi connectivity index (χ3v) is 7.32. The molecule has 0 heterocycles. The van der Waals surface area contributed by atoms with E-state index in [0.29, 0.717) is 4.58 Å². The normalized spacial score (nSPS) is 11.0. The Morgan fingerprint density at radius 1 is 0.633 bits per heavy atom. The van der Waals surface area contributed by atoms with E-state index in [2.05, 4.69) is 66.7 Å². The Bertz CT molecular complexity index is 1080. The van der Waals surface area contributed by atoms with Gasteiger partial charge < -0.3 is 9.47 Å². The molecule has 4 aromatic carbocycles. The predicted molar refractivity (Wildman–Crippen MR) is 129 cm³/mol. The molecule has 0 amide bonds. The van der Waals surface area contributed by atoms with Gasteiger partial charge >= 0.3 is 0 Å². The van der Waals surface area contributed by atoms with Crippen molar-refractivity contribution in [2.45, 2.75) is 20.8 Å². The highest BCUT2D eigenvalue weighted by molar-refractivity contribution is 8.17. The average molecular weight is 433 g/mol. The van der Waals surface area contributed by atoms with Gasteiger partial charge in [-0.05, 0) is 59.2 Å². The smallest absolute Gasteiger partial charge is 0.119 e. The lowest BCUT2D eigenvalue weighted by molar-refractivity contribution is 0.413. The van der Waals surface area contributed by atoms with Gasteiger partial charge in [-0.2, -0.15) is 0 Å². The Kier molecular flexibility index (Phi) is 6.88. The summed E-state index contributed by atoms with van der Waals surface area (Å²) in [4.78, 5) is 2.41. The number of methoxy groups -OCH3 is 2. The lowest BCUT2D eigenvalue weighted by Gasteiger charge is -2.18. The molecule has 30 heavy (non-hydrogen) atoms. The maximum absolute atomic E-state index is 5.41. The first-order valence-electron chi connectivity index (χ1n) is 9.82. The number of ether oxygens (including phenoxy) is 2. The van der Waals surface area contributed by atoms with Gasteiger partial charge in [-0.15, -0.1) is 23.5 Å². The highest BCUT2D eigenvalue weighted by Gasteiger charge is 2.15. The SMILES string of the molecule is COc1cccc(SC(Cc2ccc3ccccc3c2)Sc2cccc(OC)c2)c1. The van der Waals surface area contributed by atoms with E-state index in [-0.39, 0.29) is 0 Å². The van der Waals surface area contributed by atoms with Gasteiger partial charge in [0.15, 0.2) is 0 Å².